The van der Waals surface area contributed by atoms with Gasteiger partial charge in [0.05, 0.1) is 11.9 Å². The first-order chi connectivity index (χ1) is 6.81. The fourth-order valence-corrected chi connectivity index (χ4v) is 2.40. The van der Waals surface area contributed by atoms with Crippen molar-refractivity contribution in [3.05, 3.63) is 0 Å². The van der Waals surface area contributed by atoms with Gasteiger partial charge >= 0.3 is 0 Å². The summed E-state index contributed by atoms with van der Waals surface area (Å²) in [7, 11) is 0.605. The van der Waals surface area contributed by atoms with Gasteiger partial charge in [-0.1, -0.05) is 13.8 Å². The molecule has 0 rings (SSSR count). The normalized spacial score (nSPS) is 16.7. The number of hydrogen-bond donors (Lipinski definition) is 1. The zero-order chi connectivity index (χ0) is 12.1. The lowest BCUT2D eigenvalue weighted by Gasteiger charge is -2.28. The summed E-state index contributed by atoms with van der Waals surface area (Å²) in [6.45, 7) is 4.14. The Hall–Kier alpha value is -0.130. The second-order valence-electron chi connectivity index (χ2n) is 4.26. The van der Waals surface area contributed by atoms with Gasteiger partial charge in [-0.3, -0.25) is 0 Å². The van der Waals surface area contributed by atoms with Gasteiger partial charge < -0.3 is 10.1 Å². The van der Waals surface area contributed by atoms with Crippen molar-refractivity contribution in [1.82, 2.24) is 5.32 Å². The molecule has 0 spiro atoms. The maximum absolute atomic E-state index is 11.1. The van der Waals surface area contributed by atoms with Crippen LogP contribution in [0.1, 0.15) is 20.3 Å². The molecule has 0 aromatic heterocycles. The highest BCUT2D eigenvalue weighted by Crippen LogP contribution is 2.13. The molecule has 2 unspecified atom stereocenters. The van der Waals surface area contributed by atoms with Gasteiger partial charge in [-0.2, -0.15) is 0 Å². The van der Waals surface area contributed by atoms with E-state index in [2.05, 4.69) is 19.2 Å². The van der Waals surface area contributed by atoms with E-state index in [-0.39, 0.29) is 17.9 Å². The predicted molar refractivity (Wildman–Crippen MR) is 62.8 cm³/mol. The lowest BCUT2D eigenvalue weighted by Crippen LogP contribution is -2.43. The quantitative estimate of drug-likeness (QED) is 0.707. The first-order valence-electron chi connectivity index (χ1n) is 5.19. The Balaban J connectivity index is 4.34. The summed E-state index contributed by atoms with van der Waals surface area (Å²) in [5.74, 6) is 0.567. The van der Waals surface area contributed by atoms with E-state index in [0.717, 1.165) is 0 Å². The fraction of sp³-hybridized carbons (Fsp3) is 1.00. The van der Waals surface area contributed by atoms with Crippen LogP contribution in [0, 0.1) is 5.92 Å². The van der Waals surface area contributed by atoms with Crippen molar-refractivity contribution in [1.29, 1.82) is 0 Å². The Kier molecular flexibility index (Phi) is 6.40. The average Bonchev–Trinajstić information content (AvgIpc) is 2.09. The monoisotopic (exact) mass is 237 g/mol. The molecule has 0 aliphatic rings. The van der Waals surface area contributed by atoms with Gasteiger partial charge in [-0.05, 0) is 19.4 Å². The van der Waals surface area contributed by atoms with Gasteiger partial charge in [0.15, 0.2) is 0 Å². The number of likely N-dealkylation sites (N-methyl/N-ethyl adjacent to an activating group) is 1. The molecule has 0 amide bonds. The zero-order valence-corrected chi connectivity index (χ0v) is 11.1. The number of ether oxygens (including phenoxy) is 1. The highest BCUT2D eigenvalue weighted by molar-refractivity contribution is 7.90. The van der Waals surface area contributed by atoms with Gasteiger partial charge in [0, 0.05) is 19.4 Å². The van der Waals surface area contributed by atoms with Crippen molar-refractivity contribution in [2.24, 2.45) is 5.92 Å². The summed E-state index contributed by atoms with van der Waals surface area (Å²) in [5.41, 5.74) is 0. The number of rotatable bonds is 7. The standard InChI is InChI=1S/C10H23NO3S/c1-8(2)10(14-4)9(11-3)6-7-15(5,12)13/h8-11H,6-7H2,1-5H3. The van der Waals surface area contributed by atoms with Gasteiger partial charge in [0.1, 0.15) is 9.84 Å². The van der Waals surface area contributed by atoms with E-state index in [1.54, 1.807) is 7.11 Å². The summed E-state index contributed by atoms with van der Waals surface area (Å²) >= 11 is 0. The molecular weight excluding hydrogens is 214 g/mol. The van der Waals surface area contributed by atoms with Crippen molar-refractivity contribution in [3.63, 3.8) is 0 Å². The lowest BCUT2D eigenvalue weighted by molar-refractivity contribution is 0.0345. The summed E-state index contributed by atoms with van der Waals surface area (Å²) < 4.78 is 27.5. The van der Waals surface area contributed by atoms with Crippen molar-refractivity contribution in [3.8, 4) is 0 Å². The topological polar surface area (TPSA) is 55.4 Å². The number of methoxy groups -OCH3 is 1. The van der Waals surface area contributed by atoms with Crippen molar-refractivity contribution < 1.29 is 13.2 Å². The molecule has 0 heterocycles. The van der Waals surface area contributed by atoms with E-state index >= 15 is 0 Å². The molecule has 4 nitrogen and oxygen atoms in total. The molecule has 2 atom stereocenters. The summed E-state index contributed by atoms with van der Waals surface area (Å²) in [4.78, 5) is 0. The molecule has 0 bridgehead atoms. The zero-order valence-electron chi connectivity index (χ0n) is 10.3. The van der Waals surface area contributed by atoms with E-state index in [1.807, 2.05) is 7.05 Å². The minimum atomic E-state index is -2.89. The minimum Gasteiger partial charge on any atom is -0.380 e. The van der Waals surface area contributed by atoms with Crippen LogP contribution in [0.25, 0.3) is 0 Å². The Morgan fingerprint density at radius 3 is 2.13 bits per heavy atom. The second-order valence-corrected chi connectivity index (χ2v) is 6.52. The van der Waals surface area contributed by atoms with Crippen LogP contribution in [0.4, 0.5) is 0 Å². The van der Waals surface area contributed by atoms with E-state index in [9.17, 15) is 8.42 Å². The molecule has 0 aliphatic carbocycles. The molecule has 0 saturated carbocycles. The van der Waals surface area contributed by atoms with Crippen LogP contribution in [0.5, 0.6) is 0 Å². The van der Waals surface area contributed by atoms with E-state index in [4.69, 9.17) is 4.74 Å². The van der Waals surface area contributed by atoms with Crippen molar-refractivity contribution in [2.75, 3.05) is 26.2 Å². The highest BCUT2D eigenvalue weighted by atomic mass is 32.2. The number of nitrogens with one attached hydrogen (secondary N) is 1. The Labute approximate surface area is 93.3 Å². The maximum Gasteiger partial charge on any atom is 0.147 e. The Morgan fingerprint density at radius 2 is 1.87 bits per heavy atom. The molecule has 0 aromatic carbocycles. The number of sulfone groups is 1. The fourth-order valence-electron chi connectivity index (χ4n) is 1.71. The lowest BCUT2D eigenvalue weighted by atomic mass is 9.98. The largest absolute Gasteiger partial charge is 0.380 e. The Bertz CT molecular complexity index is 262. The first kappa shape index (κ1) is 14.9. The highest BCUT2D eigenvalue weighted by Gasteiger charge is 2.23. The van der Waals surface area contributed by atoms with Crippen LogP contribution in [-0.4, -0.2) is 46.7 Å². The molecule has 5 heteroatoms. The van der Waals surface area contributed by atoms with E-state index in [0.29, 0.717) is 12.3 Å². The molecular formula is C10H23NO3S. The van der Waals surface area contributed by atoms with Gasteiger partial charge in [-0.25, -0.2) is 8.42 Å². The average molecular weight is 237 g/mol. The molecule has 15 heavy (non-hydrogen) atoms. The second kappa shape index (κ2) is 6.45. The Morgan fingerprint density at radius 1 is 1.33 bits per heavy atom. The van der Waals surface area contributed by atoms with Gasteiger partial charge in [-0.15, -0.1) is 0 Å². The molecule has 0 aromatic rings. The number of hydrogen-bond acceptors (Lipinski definition) is 4. The van der Waals surface area contributed by atoms with Crippen molar-refractivity contribution in [2.45, 2.75) is 32.4 Å². The van der Waals surface area contributed by atoms with E-state index in [1.165, 1.54) is 6.26 Å². The third-order valence-electron chi connectivity index (χ3n) is 2.50. The summed E-state index contributed by atoms with van der Waals surface area (Å²) in [6, 6.07) is 0.0877. The molecule has 0 aliphatic heterocycles. The van der Waals surface area contributed by atoms with Crippen LogP contribution in [0.2, 0.25) is 0 Å². The summed E-state index contributed by atoms with van der Waals surface area (Å²) in [5, 5.41) is 3.12. The van der Waals surface area contributed by atoms with Gasteiger partial charge in [0.2, 0.25) is 0 Å². The smallest absolute Gasteiger partial charge is 0.147 e. The third kappa shape index (κ3) is 6.12. The van der Waals surface area contributed by atoms with Crippen molar-refractivity contribution >= 4 is 9.84 Å². The van der Waals surface area contributed by atoms with Crippen LogP contribution < -0.4 is 5.32 Å². The van der Waals surface area contributed by atoms with Gasteiger partial charge in [0.25, 0.3) is 0 Å². The molecule has 0 radical (unpaired) electrons. The van der Waals surface area contributed by atoms with Crippen LogP contribution in [0.3, 0.4) is 0 Å². The maximum atomic E-state index is 11.1. The summed E-state index contributed by atoms with van der Waals surface area (Å²) in [6.07, 6.45) is 1.90. The minimum absolute atomic E-state index is 0.0525. The molecule has 0 saturated heterocycles. The van der Waals surface area contributed by atoms with Crippen LogP contribution in [0.15, 0.2) is 0 Å². The first-order valence-corrected chi connectivity index (χ1v) is 7.25. The molecule has 1 N–H and O–H groups in total. The molecule has 92 valence electrons. The van der Waals surface area contributed by atoms with Crippen LogP contribution in [-0.2, 0) is 14.6 Å². The van der Waals surface area contributed by atoms with Crippen LogP contribution >= 0.6 is 0 Å². The predicted octanol–water partition coefficient (Wildman–Crippen LogP) is 0.680. The molecule has 0 fully saturated rings. The SMILES string of the molecule is CNC(CCS(C)(=O)=O)C(OC)C(C)C. The van der Waals surface area contributed by atoms with E-state index < -0.39 is 9.84 Å². The third-order valence-corrected chi connectivity index (χ3v) is 3.47.